The van der Waals surface area contributed by atoms with Crippen LogP contribution in [0.25, 0.3) is 39.5 Å². The molecule has 2 N–H and O–H groups in total. The Balaban J connectivity index is 0.000000127. The molecule has 0 unspecified atom stereocenters. The average Bonchev–Trinajstić information content (AvgIpc) is 1.61. The third kappa shape index (κ3) is 23.6. The second-order valence-corrected chi connectivity index (χ2v) is 38.6. The van der Waals surface area contributed by atoms with Crippen LogP contribution in [0.1, 0.15) is 229 Å². The van der Waals surface area contributed by atoms with E-state index in [9.17, 15) is 43.4 Å². The Labute approximate surface area is 773 Å². The maximum absolute atomic E-state index is 13.4. The van der Waals surface area contributed by atoms with E-state index in [1.807, 2.05) is 99.0 Å². The summed E-state index contributed by atoms with van der Waals surface area (Å²) in [5.41, 5.74) is 18.5. The number of Topliss-reactive ketones (excluding diaryl/α,β-unsaturated/α-hetero) is 1. The first-order valence-corrected chi connectivity index (χ1v) is 45.1. The Morgan fingerprint density at radius 2 is 0.868 bits per heavy atom. The standard InChI is InChI=1S/C19H15FN4O.C17H23BN2O2.C12H24B2O4.C11H11BrN2.C8H4ClFN2O.C8H8N2O2.C8H10N2.C5H3BrN2O2.C3H5ClO/c1-11-8-23-9-13(6-15(12-2-3-12)19(23)21-11)16-7-18(25)24-10-14(20)4-5-17(24)22-16;1-11-9-20-10-13(8-14(12-6-7-12)15(20)19-11)18-21-16(2,3)17(4,5)22-18;1-9(2)10(3,4)16-13(15-9)14-17-11(5,6)12(7,8)18-14;1-7-5-14-6-9(12)4-10(8-2-3-8)11(14)13-7;9-6-3-8(13)12-4-5(10)1-2-7(12)11-6;11-10(12)8-7(6-3-4-6)2-1-5-9-8;9-8-7(6-3-4-6)2-1-5-10-8;6-4-2-1-3-7-5(4)8(9)10;1-3(5)2-4/h4-10,12H,2-3H2,1H3;8-10,12H,6-7H2,1-5H3;1-8H3;4-6,8H,2-3H2,1H3;1-4H;1-2,5-6H,3-4H2;1-2,5-6H,3-4H2,(H2,9,10);1-3H;2H2,1H3. The van der Waals surface area contributed by atoms with E-state index in [-0.39, 0.29) is 74.7 Å². The van der Waals surface area contributed by atoms with Crippen LogP contribution in [0.15, 0.2) is 178 Å². The van der Waals surface area contributed by atoms with Gasteiger partial charge in [-0.25, -0.2) is 38.7 Å². The van der Waals surface area contributed by atoms with Crippen molar-refractivity contribution < 1.29 is 51.3 Å². The van der Waals surface area contributed by atoms with Gasteiger partial charge in [0.05, 0.1) is 67.8 Å². The van der Waals surface area contributed by atoms with E-state index in [0.29, 0.717) is 51.0 Å². The van der Waals surface area contributed by atoms with Gasteiger partial charge in [-0.1, -0.05) is 23.7 Å². The zero-order valence-electron chi connectivity index (χ0n) is 74.8. The molecule has 0 aromatic carbocycles. The van der Waals surface area contributed by atoms with Crippen molar-refractivity contribution in [2.24, 2.45) is 0 Å². The number of carbonyl (C=O) groups is 1. The molecule has 3 aliphatic heterocycles. The summed E-state index contributed by atoms with van der Waals surface area (Å²) in [7, 11) is -1.26. The highest BCUT2D eigenvalue weighted by molar-refractivity contribution is 9.10. The van der Waals surface area contributed by atoms with E-state index in [1.165, 1.54) is 115 Å². The topological polar surface area (TPSA) is 344 Å². The van der Waals surface area contributed by atoms with Crippen molar-refractivity contribution >= 4 is 133 Å². The first-order chi connectivity index (χ1) is 60.8. The molecule has 676 valence electrons. The van der Waals surface area contributed by atoms with E-state index >= 15 is 0 Å². The third-order valence-corrected chi connectivity index (χ3v) is 25.6. The first kappa shape index (κ1) is 96.4. The zero-order valence-corrected chi connectivity index (χ0v) is 79.5. The number of carbonyl (C=O) groups excluding carboxylic acids is 1. The van der Waals surface area contributed by atoms with Crippen LogP contribution in [0.4, 0.5) is 26.2 Å². The van der Waals surface area contributed by atoms with E-state index < -0.39 is 41.1 Å². The van der Waals surface area contributed by atoms with Crippen molar-refractivity contribution in [3.63, 3.8) is 0 Å². The number of halogens is 6. The molecule has 29 nitrogen and oxygen atoms in total. The average molecular weight is 1930 g/mol. The Hall–Kier alpha value is -10.1. The molecule has 0 amide bonds. The summed E-state index contributed by atoms with van der Waals surface area (Å²) in [6, 6.07) is 25.3. The van der Waals surface area contributed by atoms with Crippen molar-refractivity contribution in [3.05, 3.63) is 271 Å². The first-order valence-electron chi connectivity index (χ1n) is 42.6. The predicted octanol–water partition coefficient (Wildman–Crippen LogP) is 19.1. The van der Waals surface area contributed by atoms with E-state index in [4.69, 9.17) is 56.9 Å². The smallest absolute Gasteiger partial charge is 0.405 e. The van der Waals surface area contributed by atoms with Crippen molar-refractivity contribution in [1.82, 2.24) is 61.9 Å². The number of nitro groups is 2. The summed E-state index contributed by atoms with van der Waals surface area (Å²) >= 11 is 17.1. The number of aromatic nitrogens is 13. The largest absolute Gasteiger partial charge is 0.496 e. The zero-order chi connectivity index (χ0) is 93.3. The maximum Gasteiger partial charge on any atom is 0.496 e. The molecule has 0 spiro atoms. The van der Waals surface area contributed by atoms with Crippen LogP contribution in [0.5, 0.6) is 0 Å². The number of fused-ring (bicyclic) bond motifs is 5. The summed E-state index contributed by atoms with van der Waals surface area (Å²) in [6.07, 6.45) is 31.2. The van der Waals surface area contributed by atoms with Crippen LogP contribution in [-0.2, 0) is 32.7 Å². The van der Waals surface area contributed by atoms with Crippen molar-refractivity contribution in [1.29, 1.82) is 0 Å². The van der Waals surface area contributed by atoms with Gasteiger partial charge in [0.1, 0.15) is 73.5 Å². The Morgan fingerprint density at radius 1 is 0.488 bits per heavy atom. The fraction of sp³-hybridized carbons (Fsp3) is 0.418. The molecular weight excluding hydrogens is 1830 g/mol. The van der Waals surface area contributed by atoms with Gasteiger partial charge in [0, 0.05) is 77.9 Å². The van der Waals surface area contributed by atoms with E-state index in [1.54, 1.807) is 30.5 Å². The number of nitrogens with zero attached hydrogens (tertiary/aromatic N) is 15. The number of nitrogens with two attached hydrogens (primary N) is 1. The number of pyridine rings is 8. The highest BCUT2D eigenvalue weighted by Crippen LogP contribution is 2.48. The highest BCUT2D eigenvalue weighted by Gasteiger charge is 2.64. The molecule has 13 aromatic rings. The van der Waals surface area contributed by atoms with Gasteiger partial charge in [-0.05, 0) is 351 Å². The van der Waals surface area contributed by atoms with Crippen molar-refractivity contribution in [2.75, 3.05) is 11.6 Å². The number of alkyl halides is 1. The van der Waals surface area contributed by atoms with Crippen LogP contribution in [0.2, 0.25) is 5.15 Å². The van der Waals surface area contributed by atoms with Gasteiger partial charge in [0.15, 0.2) is 0 Å². The van der Waals surface area contributed by atoms with Crippen molar-refractivity contribution in [2.45, 2.75) is 238 Å². The minimum absolute atomic E-state index is 0.0201. The molecule has 16 heterocycles. The predicted molar refractivity (Wildman–Crippen MR) is 502 cm³/mol. The van der Waals surface area contributed by atoms with Gasteiger partial charge in [-0.3, -0.25) is 23.2 Å². The van der Waals surface area contributed by atoms with Gasteiger partial charge in [-0.2, -0.15) is 0 Å². The monoisotopic (exact) mass is 1930 g/mol. The molecule has 129 heavy (non-hydrogen) atoms. The second-order valence-electron chi connectivity index (χ2n) is 36.2. The van der Waals surface area contributed by atoms with Gasteiger partial charge in [0.25, 0.3) is 11.1 Å². The molecule has 8 fully saturated rings. The lowest BCUT2D eigenvalue weighted by Gasteiger charge is -2.32. The summed E-state index contributed by atoms with van der Waals surface area (Å²) in [4.78, 5) is 86.5. The third-order valence-electron chi connectivity index (χ3n) is 23.9. The maximum atomic E-state index is 13.4. The number of rotatable bonds is 11. The molecule has 0 radical (unpaired) electrons. The van der Waals surface area contributed by atoms with Crippen LogP contribution in [-0.4, -0.2) is 138 Å². The minimum Gasteiger partial charge on any atom is -0.405 e. The molecule has 38 heteroatoms. The number of imidazole rings is 3. The van der Waals surface area contributed by atoms with Crippen LogP contribution in [0, 0.1) is 52.6 Å². The summed E-state index contributed by atoms with van der Waals surface area (Å²) in [6.45, 7) is 32.1. The lowest BCUT2D eigenvalue weighted by atomic mass is 9.49. The molecule has 3 saturated heterocycles. The number of anilines is 1. The molecule has 13 aromatic heterocycles. The summed E-state index contributed by atoms with van der Waals surface area (Å²) in [5, 5.41) is 20.7. The fourth-order valence-corrected chi connectivity index (χ4v) is 15.3. The van der Waals surface area contributed by atoms with Gasteiger partial charge in [0.2, 0.25) is 0 Å². The van der Waals surface area contributed by atoms with Crippen LogP contribution < -0.4 is 22.3 Å². The van der Waals surface area contributed by atoms with E-state index in [2.05, 4.69) is 157 Å². The summed E-state index contributed by atoms with van der Waals surface area (Å²) in [5.74, 6) is 2.82. The molecule has 5 aliphatic carbocycles. The molecule has 0 bridgehead atoms. The Morgan fingerprint density at radius 3 is 1.30 bits per heavy atom. The highest BCUT2D eigenvalue weighted by atomic mass is 79.9. The van der Waals surface area contributed by atoms with Crippen molar-refractivity contribution in [3.8, 4) is 11.3 Å². The number of hydrogen-bond acceptors (Lipinski definition) is 22. The van der Waals surface area contributed by atoms with Gasteiger partial charge >= 0.3 is 32.8 Å². The fourth-order valence-electron chi connectivity index (χ4n) is 14.3. The number of ketones is 1. The van der Waals surface area contributed by atoms with E-state index in [0.717, 1.165) is 110 Å². The minimum atomic E-state index is -0.538. The molecule has 21 rings (SSSR count). The Bertz CT molecular complexity index is 6400. The SMILES string of the molecule is CC(=O)CCl.CC1(C)OB(B2OC(C)(C)C(C)(C)O2)OC1(C)C.Cc1cn2cc(-c3cc(=O)n4cc(F)ccc4n3)cc(C3CC3)c2n1.Cc1cn2cc(B3OC(C)(C)C(C)(C)O3)cc(C3CC3)c2n1.Cc1cn2cc(Br)cc(C3CC3)c2n1.Nc1ncccc1C1CC1.O=[N+]([O-])c1ncccc1Br.O=[N+]([O-])c1ncccc1C1CC1.O=c1cc(Cl)nc2ccc(F)cn12. The van der Waals surface area contributed by atoms with Crippen LogP contribution >= 0.6 is 55.1 Å². The van der Waals surface area contributed by atoms with Gasteiger partial charge < -0.3 is 67.1 Å². The lowest BCUT2D eigenvalue weighted by Crippen LogP contribution is -2.41. The molecule has 5 saturated carbocycles. The second kappa shape index (κ2) is 39.1. The molecular formula is C91H103B3Br2Cl2F2N16O13. The van der Waals surface area contributed by atoms with Crippen LogP contribution in [0.3, 0.4) is 0 Å². The number of aryl methyl sites for hydroxylation is 3. The summed E-state index contributed by atoms with van der Waals surface area (Å²) < 4.78 is 72.4. The Kier molecular flexibility index (Phi) is 29.2. The molecule has 8 aliphatic rings. The van der Waals surface area contributed by atoms with Gasteiger partial charge in [-0.15, -0.1) is 11.6 Å². The molecule has 0 atom stereocenters. The number of nitrogen functional groups attached to an aromatic ring is 1. The quantitative estimate of drug-likeness (QED) is 0.0413. The normalized spacial score (nSPS) is 18.0. The number of hydrogen-bond donors (Lipinski definition) is 1. The lowest BCUT2D eigenvalue weighted by molar-refractivity contribution is -0.390.